The predicted molar refractivity (Wildman–Crippen MR) is 75.5 cm³/mol. The Morgan fingerprint density at radius 1 is 1.30 bits per heavy atom. The van der Waals surface area contributed by atoms with Gasteiger partial charge in [-0.15, -0.1) is 0 Å². The summed E-state index contributed by atoms with van der Waals surface area (Å²) in [7, 11) is 0. The Balaban J connectivity index is 2.27. The molecular formula is C14H20N2O4. The van der Waals surface area contributed by atoms with Gasteiger partial charge < -0.3 is 10.1 Å². The van der Waals surface area contributed by atoms with Crippen LogP contribution in [0.2, 0.25) is 0 Å². The van der Waals surface area contributed by atoms with E-state index in [1.165, 1.54) is 12.1 Å². The molecule has 0 saturated carbocycles. The molecule has 0 aliphatic carbocycles. The quantitative estimate of drug-likeness (QED) is 0.373. The average Bonchev–Trinajstić information content (AvgIpc) is 2.33. The molecular weight excluding hydrogens is 260 g/mol. The Kier molecular flexibility index (Phi) is 5.64. The van der Waals surface area contributed by atoms with Crippen molar-refractivity contribution in [1.82, 2.24) is 5.32 Å². The first kappa shape index (κ1) is 16.1. The number of nitrogens with one attached hydrogen (secondary N) is 1. The maximum absolute atomic E-state index is 11.4. The van der Waals surface area contributed by atoms with E-state index in [0.29, 0.717) is 13.0 Å². The summed E-state index contributed by atoms with van der Waals surface area (Å²) in [4.78, 5) is 21.5. The maximum Gasteiger partial charge on any atom is 0.320 e. The highest BCUT2D eigenvalue weighted by Crippen LogP contribution is 2.12. The van der Waals surface area contributed by atoms with Crippen LogP contribution < -0.4 is 5.32 Å². The first-order valence-corrected chi connectivity index (χ1v) is 6.44. The number of hydrogen-bond acceptors (Lipinski definition) is 5. The van der Waals surface area contributed by atoms with Crippen LogP contribution in [-0.4, -0.2) is 29.6 Å². The second-order valence-electron chi connectivity index (χ2n) is 5.44. The van der Waals surface area contributed by atoms with Crippen LogP contribution in [0, 0.1) is 10.1 Å². The van der Waals surface area contributed by atoms with E-state index in [0.717, 1.165) is 5.56 Å². The van der Waals surface area contributed by atoms with Gasteiger partial charge in [-0.25, -0.2) is 0 Å². The molecule has 0 unspecified atom stereocenters. The van der Waals surface area contributed by atoms with Gasteiger partial charge in [-0.2, -0.15) is 0 Å². The number of non-ortho nitro benzene ring substituents is 1. The van der Waals surface area contributed by atoms with Crippen molar-refractivity contribution in [3.05, 3.63) is 39.9 Å². The smallest absolute Gasteiger partial charge is 0.320 e. The first-order chi connectivity index (χ1) is 9.28. The van der Waals surface area contributed by atoms with Crippen LogP contribution in [0.3, 0.4) is 0 Å². The zero-order chi connectivity index (χ0) is 15.2. The van der Waals surface area contributed by atoms with E-state index in [9.17, 15) is 14.9 Å². The molecule has 0 bridgehead atoms. The summed E-state index contributed by atoms with van der Waals surface area (Å²) in [5.74, 6) is -0.291. The van der Waals surface area contributed by atoms with Gasteiger partial charge in [-0.3, -0.25) is 14.9 Å². The van der Waals surface area contributed by atoms with E-state index in [-0.39, 0.29) is 18.2 Å². The number of nitro benzene ring substituents is 1. The van der Waals surface area contributed by atoms with Crippen molar-refractivity contribution in [2.75, 3.05) is 13.1 Å². The number of carbonyl (C=O) groups is 1. The van der Waals surface area contributed by atoms with Crippen LogP contribution in [0.5, 0.6) is 0 Å². The molecule has 6 nitrogen and oxygen atoms in total. The number of esters is 1. The number of nitrogens with zero attached hydrogens (tertiary/aromatic N) is 1. The van der Waals surface area contributed by atoms with E-state index in [2.05, 4.69) is 5.32 Å². The molecule has 0 fully saturated rings. The van der Waals surface area contributed by atoms with E-state index < -0.39 is 10.5 Å². The molecule has 0 saturated heterocycles. The van der Waals surface area contributed by atoms with E-state index in [1.807, 2.05) is 20.8 Å². The number of hydrogen-bond donors (Lipinski definition) is 1. The van der Waals surface area contributed by atoms with Crippen LogP contribution >= 0.6 is 0 Å². The van der Waals surface area contributed by atoms with Gasteiger partial charge >= 0.3 is 5.97 Å². The van der Waals surface area contributed by atoms with Gasteiger partial charge in [-0.05, 0) is 39.3 Å². The van der Waals surface area contributed by atoms with Gasteiger partial charge in [0.05, 0.1) is 11.5 Å². The summed E-state index contributed by atoms with van der Waals surface area (Å²) in [6, 6.07) is 6.38. The van der Waals surface area contributed by atoms with Crippen LogP contribution in [0.15, 0.2) is 24.3 Å². The third kappa shape index (κ3) is 6.29. The Morgan fingerprint density at radius 3 is 2.40 bits per heavy atom. The predicted octanol–water partition coefficient (Wildman–Crippen LogP) is 2.07. The Morgan fingerprint density at radius 2 is 1.90 bits per heavy atom. The molecule has 1 aromatic rings. The number of rotatable bonds is 6. The number of nitro groups is 1. The van der Waals surface area contributed by atoms with Gasteiger partial charge in [0.25, 0.3) is 5.69 Å². The summed E-state index contributed by atoms with van der Waals surface area (Å²) in [5.41, 5.74) is 0.583. The van der Waals surface area contributed by atoms with Crippen molar-refractivity contribution in [2.24, 2.45) is 0 Å². The monoisotopic (exact) mass is 280 g/mol. The molecule has 0 aromatic heterocycles. The largest absolute Gasteiger partial charge is 0.459 e. The standard InChI is InChI=1S/C14H20N2O4/c1-14(2,3)20-13(17)10-15-9-8-11-4-6-12(7-5-11)16(18)19/h4-7,15H,8-10H2,1-3H3. The second kappa shape index (κ2) is 7.00. The zero-order valence-electron chi connectivity index (χ0n) is 12.0. The molecule has 1 N–H and O–H groups in total. The third-order valence-electron chi connectivity index (χ3n) is 2.43. The molecule has 110 valence electrons. The molecule has 6 heteroatoms. The highest BCUT2D eigenvalue weighted by molar-refractivity contribution is 5.72. The average molecular weight is 280 g/mol. The van der Waals surface area contributed by atoms with Crippen molar-refractivity contribution in [1.29, 1.82) is 0 Å². The van der Waals surface area contributed by atoms with Gasteiger partial charge in [0, 0.05) is 12.1 Å². The number of carbonyl (C=O) groups excluding carboxylic acids is 1. The lowest BCUT2D eigenvalue weighted by Crippen LogP contribution is -2.32. The minimum atomic E-state index is -0.475. The minimum absolute atomic E-state index is 0.0791. The summed E-state index contributed by atoms with van der Waals surface area (Å²) in [5, 5.41) is 13.5. The highest BCUT2D eigenvalue weighted by Gasteiger charge is 2.15. The Bertz CT molecular complexity index is 463. The van der Waals surface area contributed by atoms with E-state index in [1.54, 1.807) is 12.1 Å². The van der Waals surface area contributed by atoms with E-state index in [4.69, 9.17) is 4.74 Å². The van der Waals surface area contributed by atoms with Crippen molar-refractivity contribution < 1.29 is 14.5 Å². The lowest BCUT2D eigenvalue weighted by atomic mass is 10.1. The first-order valence-electron chi connectivity index (χ1n) is 6.44. The van der Waals surface area contributed by atoms with Crippen molar-refractivity contribution in [2.45, 2.75) is 32.8 Å². The van der Waals surface area contributed by atoms with Gasteiger partial charge in [0.15, 0.2) is 0 Å². The topological polar surface area (TPSA) is 81.5 Å². The fourth-order valence-electron chi connectivity index (χ4n) is 1.59. The minimum Gasteiger partial charge on any atom is -0.459 e. The Labute approximate surface area is 118 Å². The molecule has 0 aliphatic rings. The fourth-order valence-corrected chi connectivity index (χ4v) is 1.59. The van der Waals surface area contributed by atoms with Crippen molar-refractivity contribution >= 4 is 11.7 Å². The highest BCUT2D eigenvalue weighted by atomic mass is 16.6. The number of ether oxygens (including phenoxy) is 1. The summed E-state index contributed by atoms with van der Waals surface area (Å²) in [6.07, 6.45) is 0.695. The summed E-state index contributed by atoms with van der Waals surface area (Å²) < 4.78 is 5.16. The third-order valence-corrected chi connectivity index (χ3v) is 2.43. The lowest BCUT2D eigenvalue weighted by molar-refractivity contribution is -0.384. The van der Waals surface area contributed by atoms with Gasteiger partial charge in [-0.1, -0.05) is 12.1 Å². The normalized spacial score (nSPS) is 11.2. The zero-order valence-corrected chi connectivity index (χ0v) is 12.0. The van der Waals surface area contributed by atoms with Crippen molar-refractivity contribution in [3.8, 4) is 0 Å². The van der Waals surface area contributed by atoms with E-state index >= 15 is 0 Å². The Hall–Kier alpha value is -1.95. The molecule has 1 aromatic carbocycles. The van der Waals surface area contributed by atoms with Crippen LogP contribution in [0.1, 0.15) is 26.3 Å². The van der Waals surface area contributed by atoms with Crippen LogP contribution in [0.25, 0.3) is 0 Å². The molecule has 0 heterocycles. The SMILES string of the molecule is CC(C)(C)OC(=O)CNCCc1ccc([N+](=O)[O-])cc1. The second-order valence-corrected chi connectivity index (χ2v) is 5.44. The molecule has 0 aliphatic heterocycles. The molecule has 0 radical (unpaired) electrons. The molecule has 1 rings (SSSR count). The summed E-state index contributed by atoms with van der Waals surface area (Å²) in [6.45, 7) is 6.23. The maximum atomic E-state index is 11.4. The van der Waals surface area contributed by atoms with Gasteiger partial charge in [0.2, 0.25) is 0 Å². The molecule has 0 amide bonds. The van der Waals surface area contributed by atoms with Crippen molar-refractivity contribution in [3.63, 3.8) is 0 Å². The van der Waals surface area contributed by atoms with Crippen LogP contribution in [0.4, 0.5) is 5.69 Å². The van der Waals surface area contributed by atoms with Gasteiger partial charge in [0.1, 0.15) is 5.60 Å². The fraction of sp³-hybridized carbons (Fsp3) is 0.500. The summed E-state index contributed by atoms with van der Waals surface area (Å²) >= 11 is 0. The van der Waals surface area contributed by atoms with Crippen LogP contribution in [-0.2, 0) is 16.0 Å². The lowest BCUT2D eigenvalue weighted by Gasteiger charge is -2.19. The molecule has 0 spiro atoms. The molecule has 0 atom stereocenters. The number of benzene rings is 1. The molecule has 20 heavy (non-hydrogen) atoms.